The monoisotopic (exact) mass is 245 g/mol. The first kappa shape index (κ1) is 14.2. The number of rotatable bonds is 3. The van der Waals surface area contributed by atoms with E-state index in [1.54, 1.807) is 0 Å². The molecule has 0 heterocycles. The van der Waals surface area contributed by atoms with Crippen LogP contribution in [0.25, 0.3) is 0 Å². The lowest BCUT2D eigenvalue weighted by atomic mass is 10.1. The van der Waals surface area contributed by atoms with Gasteiger partial charge in [0.2, 0.25) is 5.91 Å². The zero-order valence-electron chi connectivity index (χ0n) is 11.1. The first-order valence-electron chi connectivity index (χ1n) is 5.77. The van der Waals surface area contributed by atoms with Gasteiger partial charge < -0.3 is 16.0 Å². The molecule has 1 rings (SSSR count). The molecule has 0 unspecified atom stereocenters. The fourth-order valence-corrected chi connectivity index (χ4v) is 1.52. The van der Waals surface area contributed by atoms with E-state index in [0.717, 1.165) is 16.8 Å². The van der Waals surface area contributed by atoms with Crippen LogP contribution in [0, 0.1) is 18.8 Å². The number of hydrogen-bond donors (Lipinski definition) is 2. The molecule has 4 nitrogen and oxygen atoms in total. The van der Waals surface area contributed by atoms with Crippen LogP contribution in [0.3, 0.4) is 0 Å². The van der Waals surface area contributed by atoms with Crippen LogP contribution >= 0.6 is 0 Å². The zero-order chi connectivity index (χ0) is 13.5. The molecule has 0 fully saturated rings. The van der Waals surface area contributed by atoms with Crippen molar-refractivity contribution in [1.29, 1.82) is 0 Å². The summed E-state index contributed by atoms with van der Waals surface area (Å²) in [6.45, 7) is 2.68. The van der Waals surface area contributed by atoms with Crippen molar-refractivity contribution in [1.82, 2.24) is 4.90 Å². The maximum atomic E-state index is 11.6. The van der Waals surface area contributed by atoms with E-state index in [1.807, 2.05) is 44.1 Å². The average molecular weight is 245 g/mol. The largest absolute Gasteiger partial charge is 0.325 e. The molecule has 96 valence electrons. The van der Waals surface area contributed by atoms with Crippen LogP contribution in [0.2, 0.25) is 0 Å². The van der Waals surface area contributed by atoms with Gasteiger partial charge in [0.1, 0.15) is 0 Å². The predicted octanol–water partition coefficient (Wildman–Crippen LogP) is 0.805. The van der Waals surface area contributed by atoms with Gasteiger partial charge in [0.05, 0.1) is 13.1 Å². The Bertz CT molecular complexity index is 484. The van der Waals surface area contributed by atoms with Crippen molar-refractivity contribution >= 4 is 11.6 Å². The average Bonchev–Trinajstić information content (AvgIpc) is 2.26. The number of hydrogen-bond acceptors (Lipinski definition) is 3. The van der Waals surface area contributed by atoms with E-state index in [-0.39, 0.29) is 5.91 Å². The number of carbonyl (C=O) groups is 1. The van der Waals surface area contributed by atoms with Crippen LogP contribution in [0.15, 0.2) is 18.2 Å². The summed E-state index contributed by atoms with van der Waals surface area (Å²) in [7, 11) is 3.71. The Morgan fingerprint density at radius 1 is 1.44 bits per heavy atom. The van der Waals surface area contributed by atoms with Crippen LogP contribution in [0.1, 0.15) is 11.1 Å². The standard InChI is InChI=1S/C14H19N3O/c1-11-9-13(16-14(18)10-17(2)3)7-6-12(11)5-4-8-15/h6-7,9H,8,10,15H2,1-3H3,(H,16,18). The fourth-order valence-electron chi connectivity index (χ4n) is 1.52. The highest BCUT2D eigenvalue weighted by atomic mass is 16.2. The van der Waals surface area contributed by atoms with Crippen LogP contribution in [0.4, 0.5) is 5.69 Å². The van der Waals surface area contributed by atoms with Crippen molar-refractivity contribution in [2.75, 3.05) is 32.5 Å². The summed E-state index contributed by atoms with van der Waals surface area (Å²) in [4.78, 5) is 13.4. The minimum absolute atomic E-state index is 0.0276. The second-order valence-corrected chi connectivity index (χ2v) is 4.32. The van der Waals surface area contributed by atoms with Gasteiger partial charge in [-0.05, 0) is 44.8 Å². The van der Waals surface area contributed by atoms with Gasteiger partial charge in [-0.25, -0.2) is 0 Å². The maximum absolute atomic E-state index is 11.6. The number of anilines is 1. The number of nitrogens with zero attached hydrogens (tertiary/aromatic N) is 1. The molecule has 0 aliphatic heterocycles. The highest BCUT2D eigenvalue weighted by molar-refractivity contribution is 5.92. The van der Waals surface area contributed by atoms with E-state index >= 15 is 0 Å². The normalized spacial score (nSPS) is 9.83. The van der Waals surface area contributed by atoms with Crippen LogP contribution in [-0.4, -0.2) is 38.0 Å². The molecule has 0 aromatic heterocycles. The van der Waals surface area contributed by atoms with Gasteiger partial charge in [-0.1, -0.05) is 11.8 Å². The number of nitrogens with two attached hydrogens (primary N) is 1. The number of nitrogens with one attached hydrogen (secondary N) is 1. The Balaban J connectivity index is 2.75. The van der Waals surface area contributed by atoms with E-state index < -0.39 is 0 Å². The summed E-state index contributed by atoms with van der Waals surface area (Å²) in [6.07, 6.45) is 0. The van der Waals surface area contributed by atoms with Crippen molar-refractivity contribution in [3.8, 4) is 11.8 Å². The summed E-state index contributed by atoms with van der Waals surface area (Å²) in [5.74, 6) is 5.78. The Morgan fingerprint density at radius 2 is 2.17 bits per heavy atom. The van der Waals surface area contributed by atoms with E-state index in [4.69, 9.17) is 5.73 Å². The van der Waals surface area contributed by atoms with Gasteiger partial charge in [-0.15, -0.1) is 0 Å². The van der Waals surface area contributed by atoms with Gasteiger partial charge in [0.25, 0.3) is 0 Å². The molecule has 0 bridgehead atoms. The minimum Gasteiger partial charge on any atom is -0.325 e. The van der Waals surface area contributed by atoms with Crippen LogP contribution < -0.4 is 11.1 Å². The molecule has 18 heavy (non-hydrogen) atoms. The first-order chi connectivity index (χ1) is 8.52. The third-order valence-corrected chi connectivity index (χ3v) is 2.30. The molecule has 4 heteroatoms. The molecule has 0 aliphatic carbocycles. The Morgan fingerprint density at radius 3 is 2.72 bits per heavy atom. The van der Waals surface area contributed by atoms with Crippen molar-refractivity contribution in [2.24, 2.45) is 5.73 Å². The van der Waals surface area contributed by atoms with Crippen molar-refractivity contribution in [3.63, 3.8) is 0 Å². The van der Waals surface area contributed by atoms with Gasteiger partial charge in [0.15, 0.2) is 0 Å². The van der Waals surface area contributed by atoms with Crippen molar-refractivity contribution < 1.29 is 4.79 Å². The summed E-state index contributed by atoms with van der Waals surface area (Å²) < 4.78 is 0. The molecule has 0 radical (unpaired) electrons. The molecule has 1 aromatic rings. The number of aryl methyl sites for hydroxylation is 1. The molecule has 0 aliphatic rings. The summed E-state index contributed by atoms with van der Waals surface area (Å²) >= 11 is 0. The number of carbonyl (C=O) groups excluding carboxylic acids is 1. The molecular formula is C14H19N3O. The molecule has 0 saturated heterocycles. The second kappa shape index (κ2) is 6.80. The lowest BCUT2D eigenvalue weighted by Crippen LogP contribution is -2.27. The zero-order valence-corrected chi connectivity index (χ0v) is 11.1. The Kier molecular flexibility index (Phi) is 5.37. The minimum atomic E-state index is -0.0276. The van der Waals surface area contributed by atoms with Gasteiger partial charge in [0, 0.05) is 11.3 Å². The Labute approximate surface area is 108 Å². The molecular weight excluding hydrogens is 226 g/mol. The van der Waals surface area contributed by atoms with Crippen molar-refractivity contribution in [3.05, 3.63) is 29.3 Å². The fraction of sp³-hybridized carbons (Fsp3) is 0.357. The third-order valence-electron chi connectivity index (χ3n) is 2.30. The van der Waals surface area contributed by atoms with E-state index in [2.05, 4.69) is 17.2 Å². The number of amides is 1. The molecule has 0 spiro atoms. The molecule has 1 amide bonds. The molecule has 0 saturated carbocycles. The highest BCUT2D eigenvalue weighted by Gasteiger charge is 2.04. The Hall–Kier alpha value is -1.83. The summed E-state index contributed by atoms with van der Waals surface area (Å²) in [6, 6.07) is 5.65. The van der Waals surface area contributed by atoms with Crippen molar-refractivity contribution in [2.45, 2.75) is 6.92 Å². The molecule has 1 aromatic carbocycles. The third kappa shape index (κ3) is 4.58. The lowest BCUT2D eigenvalue weighted by molar-refractivity contribution is -0.116. The van der Waals surface area contributed by atoms with Gasteiger partial charge in [-0.3, -0.25) is 4.79 Å². The number of likely N-dealkylation sites (N-methyl/N-ethyl adjacent to an activating group) is 1. The smallest absolute Gasteiger partial charge is 0.238 e. The topological polar surface area (TPSA) is 58.4 Å². The van der Waals surface area contributed by atoms with Crippen LogP contribution in [0.5, 0.6) is 0 Å². The highest BCUT2D eigenvalue weighted by Crippen LogP contribution is 2.14. The van der Waals surface area contributed by atoms with E-state index in [0.29, 0.717) is 13.1 Å². The van der Waals surface area contributed by atoms with Gasteiger partial charge in [-0.2, -0.15) is 0 Å². The van der Waals surface area contributed by atoms with Crippen LogP contribution in [-0.2, 0) is 4.79 Å². The van der Waals surface area contributed by atoms with Gasteiger partial charge >= 0.3 is 0 Å². The van der Waals surface area contributed by atoms with E-state index in [1.165, 1.54) is 0 Å². The lowest BCUT2D eigenvalue weighted by Gasteiger charge is -2.10. The first-order valence-corrected chi connectivity index (χ1v) is 5.77. The number of benzene rings is 1. The molecule has 0 atom stereocenters. The second-order valence-electron chi connectivity index (χ2n) is 4.32. The van der Waals surface area contributed by atoms with E-state index in [9.17, 15) is 4.79 Å². The maximum Gasteiger partial charge on any atom is 0.238 e. The summed E-state index contributed by atoms with van der Waals surface area (Å²) in [5, 5.41) is 2.84. The predicted molar refractivity (Wildman–Crippen MR) is 74.3 cm³/mol. The quantitative estimate of drug-likeness (QED) is 0.775. The summed E-state index contributed by atoms with van der Waals surface area (Å²) in [5.41, 5.74) is 8.09. The SMILES string of the molecule is Cc1cc(NC(=O)CN(C)C)ccc1C#CCN. The molecule has 3 N–H and O–H groups in total.